The third kappa shape index (κ3) is 6.27. The van der Waals surface area contributed by atoms with Crippen molar-refractivity contribution in [3.05, 3.63) is 206 Å². The Morgan fingerprint density at radius 3 is 1.09 bits per heavy atom. The topological polar surface area (TPSA) is 8.17 Å². The highest BCUT2D eigenvalue weighted by Crippen LogP contribution is 2.39. The van der Waals surface area contributed by atoms with E-state index in [4.69, 9.17) is 0 Å². The molecule has 0 amide bonds. The molecule has 0 radical (unpaired) electrons. The summed E-state index contributed by atoms with van der Waals surface area (Å²) >= 11 is 0. The molecule has 0 fully saturated rings. The molecule has 0 aliphatic rings. The van der Waals surface area contributed by atoms with Crippen LogP contribution in [-0.4, -0.2) is 4.57 Å². The van der Waals surface area contributed by atoms with Gasteiger partial charge in [0, 0.05) is 33.5 Å². The van der Waals surface area contributed by atoms with Crippen LogP contribution in [0, 0.1) is 0 Å². The molecule has 54 heavy (non-hydrogen) atoms. The Bertz CT molecular complexity index is 2620. The summed E-state index contributed by atoms with van der Waals surface area (Å²) in [6.07, 6.45) is 0. The van der Waals surface area contributed by atoms with Crippen LogP contribution < -0.4 is 4.90 Å². The monoisotopic (exact) mass is 694 g/mol. The van der Waals surface area contributed by atoms with Crippen molar-refractivity contribution < 1.29 is 0 Å². The van der Waals surface area contributed by atoms with Crippen molar-refractivity contribution in [2.24, 2.45) is 0 Å². The van der Waals surface area contributed by atoms with Crippen LogP contribution in [0.25, 0.3) is 60.9 Å². The van der Waals surface area contributed by atoms with Gasteiger partial charge in [-0.05, 0) is 105 Å². The number of aromatic nitrogens is 1. The fourth-order valence-electron chi connectivity index (χ4n) is 7.65. The summed E-state index contributed by atoms with van der Waals surface area (Å²) in [6.45, 7) is 6.78. The molecular weight excluding hydrogens is 653 g/mol. The van der Waals surface area contributed by atoms with Gasteiger partial charge in [-0.1, -0.05) is 160 Å². The lowest BCUT2D eigenvalue weighted by Gasteiger charge is -2.26. The maximum absolute atomic E-state index is 2.37. The maximum Gasteiger partial charge on any atom is 0.0541 e. The quantitative estimate of drug-likeness (QED) is 0.161. The maximum atomic E-state index is 2.37. The number of fused-ring (bicyclic) bond motifs is 3. The molecule has 1 aromatic heterocycles. The van der Waals surface area contributed by atoms with Crippen LogP contribution in [-0.2, 0) is 5.41 Å². The van der Waals surface area contributed by atoms with E-state index in [1.54, 1.807) is 0 Å². The van der Waals surface area contributed by atoms with Gasteiger partial charge in [0.15, 0.2) is 0 Å². The van der Waals surface area contributed by atoms with Crippen LogP contribution in [0.3, 0.4) is 0 Å². The van der Waals surface area contributed by atoms with Gasteiger partial charge in [-0.25, -0.2) is 0 Å². The van der Waals surface area contributed by atoms with Crippen molar-refractivity contribution in [3.8, 4) is 39.1 Å². The van der Waals surface area contributed by atoms with Gasteiger partial charge in [-0.15, -0.1) is 0 Å². The van der Waals surface area contributed by atoms with Crippen LogP contribution in [0.4, 0.5) is 17.1 Å². The molecule has 0 atom stereocenters. The van der Waals surface area contributed by atoms with Gasteiger partial charge >= 0.3 is 0 Å². The molecule has 9 aromatic rings. The summed E-state index contributed by atoms with van der Waals surface area (Å²) in [5.74, 6) is 0. The fourth-order valence-corrected chi connectivity index (χ4v) is 7.65. The molecule has 8 aromatic carbocycles. The molecule has 9 rings (SSSR count). The highest BCUT2D eigenvalue weighted by atomic mass is 15.1. The molecule has 2 nitrogen and oxygen atoms in total. The van der Waals surface area contributed by atoms with Crippen LogP contribution in [0.2, 0.25) is 0 Å². The minimum absolute atomic E-state index is 0.126. The van der Waals surface area contributed by atoms with E-state index >= 15 is 0 Å². The van der Waals surface area contributed by atoms with E-state index in [2.05, 4.69) is 230 Å². The molecule has 0 saturated heterocycles. The molecule has 0 aliphatic carbocycles. The number of nitrogens with zero attached hydrogens (tertiary/aromatic N) is 2. The first-order valence-electron chi connectivity index (χ1n) is 18.8. The lowest BCUT2D eigenvalue weighted by atomic mass is 9.86. The third-order valence-corrected chi connectivity index (χ3v) is 10.6. The van der Waals surface area contributed by atoms with Crippen LogP contribution in [0.15, 0.2) is 200 Å². The first kappa shape index (κ1) is 33.2. The van der Waals surface area contributed by atoms with Crippen molar-refractivity contribution in [2.45, 2.75) is 26.2 Å². The standard InChI is InChI=1S/C52H42N2/c1-52(2,3)43-27-21-40(22-28-43)42-25-31-45(32-26-42)53(44-29-23-41(24-30-44)39-19-17-38(18-20-39)37-11-5-4-6-12-37)46-33-35-47(36-34-46)54-50-15-9-7-13-48(50)49-14-8-10-16-51(49)54/h4-36H,1-3H3. The van der Waals surface area contributed by atoms with Crippen molar-refractivity contribution in [3.63, 3.8) is 0 Å². The molecule has 0 aliphatic heterocycles. The van der Waals surface area contributed by atoms with Crippen LogP contribution >= 0.6 is 0 Å². The second-order valence-electron chi connectivity index (χ2n) is 15.1. The second kappa shape index (κ2) is 13.7. The highest BCUT2D eigenvalue weighted by Gasteiger charge is 2.17. The first-order valence-corrected chi connectivity index (χ1v) is 18.8. The van der Waals surface area contributed by atoms with Gasteiger partial charge in [0.05, 0.1) is 11.0 Å². The Morgan fingerprint density at radius 2 is 0.667 bits per heavy atom. The second-order valence-corrected chi connectivity index (χ2v) is 15.1. The zero-order chi connectivity index (χ0) is 36.6. The van der Waals surface area contributed by atoms with Gasteiger partial charge in [-0.3, -0.25) is 0 Å². The molecule has 0 unspecified atom stereocenters. The number of rotatable bonds is 7. The smallest absolute Gasteiger partial charge is 0.0541 e. The molecule has 0 bridgehead atoms. The average molecular weight is 695 g/mol. The van der Waals surface area contributed by atoms with E-state index in [0.717, 1.165) is 22.7 Å². The largest absolute Gasteiger partial charge is 0.311 e. The lowest BCUT2D eigenvalue weighted by Crippen LogP contribution is -2.10. The third-order valence-electron chi connectivity index (χ3n) is 10.6. The van der Waals surface area contributed by atoms with Gasteiger partial charge in [0.1, 0.15) is 0 Å². The summed E-state index contributed by atoms with van der Waals surface area (Å²) < 4.78 is 2.37. The number of para-hydroxylation sites is 2. The number of hydrogen-bond acceptors (Lipinski definition) is 1. The Balaban J connectivity index is 1.08. The fraction of sp³-hybridized carbons (Fsp3) is 0.0769. The number of benzene rings is 8. The van der Waals surface area contributed by atoms with Crippen molar-refractivity contribution in [2.75, 3.05) is 4.90 Å². The lowest BCUT2D eigenvalue weighted by molar-refractivity contribution is 0.590. The number of hydrogen-bond donors (Lipinski definition) is 0. The molecule has 0 spiro atoms. The van der Waals surface area contributed by atoms with Gasteiger partial charge in [0.25, 0.3) is 0 Å². The van der Waals surface area contributed by atoms with E-state index in [9.17, 15) is 0 Å². The summed E-state index contributed by atoms with van der Waals surface area (Å²) in [5.41, 5.74) is 15.6. The SMILES string of the molecule is CC(C)(C)c1ccc(-c2ccc(N(c3ccc(-c4ccc(-c5ccccc5)cc4)cc3)c3ccc(-n4c5ccccc5c5ccccc54)cc3)cc2)cc1. The van der Waals surface area contributed by atoms with Gasteiger partial charge in [-0.2, -0.15) is 0 Å². The Morgan fingerprint density at radius 1 is 0.333 bits per heavy atom. The Labute approximate surface area is 318 Å². The summed E-state index contributed by atoms with van der Waals surface area (Å²) in [4.78, 5) is 2.35. The summed E-state index contributed by atoms with van der Waals surface area (Å²) in [7, 11) is 0. The normalized spacial score (nSPS) is 11.6. The molecule has 2 heteroatoms. The van der Waals surface area contributed by atoms with Crippen LogP contribution in [0.5, 0.6) is 0 Å². The predicted molar refractivity (Wildman–Crippen MR) is 230 cm³/mol. The van der Waals surface area contributed by atoms with Crippen molar-refractivity contribution in [1.29, 1.82) is 0 Å². The molecule has 0 N–H and O–H groups in total. The Kier molecular flexibility index (Phi) is 8.44. The van der Waals surface area contributed by atoms with Crippen molar-refractivity contribution in [1.82, 2.24) is 4.57 Å². The van der Waals surface area contributed by atoms with E-state index in [1.807, 2.05) is 0 Å². The average Bonchev–Trinajstić information content (AvgIpc) is 3.56. The highest BCUT2D eigenvalue weighted by molar-refractivity contribution is 6.09. The zero-order valence-electron chi connectivity index (χ0n) is 30.9. The summed E-state index contributed by atoms with van der Waals surface area (Å²) in [6, 6.07) is 72.6. The zero-order valence-corrected chi connectivity index (χ0v) is 30.9. The minimum atomic E-state index is 0.126. The molecule has 260 valence electrons. The first-order chi connectivity index (χ1) is 26.4. The molecular formula is C52H42N2. The number of anilines is 3. The summed E-state index contributed by atoms with van der Waals surface area (Å²) in [5, 5.41) is 2.53. The van der Waals surface area contributed by atoms with Gasteiger partial charge in [0.2, 0.25) is 0 Å². The predicted octanol–water partition coefficient (Wildman–Crippen LogP) is 14.6. The van der Waals surface area contributed by atoms with Crippen LogP contribution in [0.1, 0.15) is 26.3 Å². The molecule has 0 saturated carbocycles. The van der Waals surface area contributed by atoms with E-state index in [0.29, 0.717) is 0 Å². The Hall–Kier alpha value is -6.64. The molecule has 1 heterocycles. The van der Waals surface area contributed by atoms with E-state index < -0.39 is 0 Å². The van der Waals surface area contributed by atoms with Crippen molar-refractivity contribution >= 4 is 38.9 Å². The van der Waals surface area contributed by atoms with Gasteiger partial charge < -0.3 is 9.47 Å². The van der Waals surface area contributed by atoms with E-state index in [1.165, 1.54) is 60.8 Å². The minimum Gasteiger partial charge on any atom is -0.311 e. The van der Waals surface area contributed by atoms with E-state index in [-0.39, 0.29) is 5.41 Å².